The van der Waals surface area contributed by atoms with E-state index in [9.17, 15) is 14.9 Å². The first-order chi connectivity index (χ1) is 14.5. The Bertz CT molecular complexity index is 1210. The van der Waals surface area contributed by atoms with E-state index in [-0.39, 0.29) is 17.7 Å². The standard InChI is InChI=1S/C23H22N4O3/c1-27-20-11-15(6-7-21(20)30-23(27)29)14-4-2-13(3-5-14)8-17(12-24)25-22(28)19-10-16-9-18(16)26-19/h2-7,11,16-19,26H,8-10H2,1H3,(H,25,28)/t16-,17-,18-,19-/m0/s1. The highest BCUT2D eigenvalue weighted by atomic mass is 16.4. The molecule has 1 aliphatic heterocycles. The van der Waals surface area contributed by atoms with Crippen LogP contribution >= 0.6 is 0 Å². The number of nitriles is 1. The summed E-state index contributed by atoms with van der Waals surface area (Å²) < 4.78 is 6.66. The zero-order valence-electron chi connectivity index (χ0n) is 16.6. The largest absolute Gasteiger partial charge is 0.419 e. The molecule has 2 fully saturated rings. The SMILES string of the molecule is Cn1c(=O)oc2ccc(-c3ccc(C[C@@H](C#N)NC(=O)[C@@H]4C[C@@H]5C[C@@H]5N4)cc3)cc21. The van der Waals surface area contributed by atoms with E-state index in [2.05, 4.69) is 16.7 Å². The van der Waals surface area contributed by atoms with Crippen LogP contribution in [-0.2, 0) is 18.3 Å². The molecule has 1 saturated heterocycles. The van der Waals surface area contributed by atoms with Gasteiger partial charge >= 0.3 is 5.76 Å². The van der Waals surface area contributed by atoms with Crippen molar-refractivity contribution in [3.63, 3.8) is 0 Å². The quantitative estimate of drug-likeness (QED) is 0.681. The smallest absolute Gasteiger partial charge is 0.408 e. The molecule has 1 amide bonds. The van der Waals surface area contributed by atoms with Crippen LogP contribution < -0.4 is 16.4 Å². The number of oxazole rings is 1. The molecule has 5 rings (SSSR count). The Morgan fingerprint density at radius 2 is 2.03 bits per heavy atom. The van der Waals surface area contributed by atoms with Crippen LogP contribution in [0, 0.1) is 17.2 Å². The van der Waals surface area contributed by atoms with E-state index in [0.717, 1.165) is 28.6 Å². The first-order valence-electron chi connectivity index (χ1n) is 10.2. The lowest BCUT2D eigenvalue weighted by molar-refractivity contribution is -0.123. The van der Waals surface area contributed by atoms with Crippen LogP contribution in [0.4, 0.5) is 0 Å². The predicted molar refractivity (Wildman–Crippen MR) is 112 cm³/mol. The van der Waals surface area contributed by atoms with Crippen LogP contribution in [0.25, 0.3) is 22.2 Å². The van der Waals surface area contributed by atoms with E-state index in [0.29, 0.717) is 24.0 Å². The van der Waals surface area contributed by atoms with Gasteiger partial charge in [-0.1, -0.05) is 30.3 Å². The van der Waals surface area contributed by atoms with E-state index in [1.165, 1.54) is 11.0 Å². The molecule has 30 heavy (non-hydrogen) atoms. The molecule has 0 unspecified atom stereocenters. The molecule has 7 heteroatoms. The van der Waals surface area contributed by atoms with Gasteiger partial charge in [-0.15, -0.1) is 0 Å². The van der Waals surface area contributed by atoms with Gasteiger partial charge in [-0.3, -0.25) is 9.36 Å². The number of piperidine rings is 1. The summed E-state index contributed by atoms with van der Waals surface area (Å²) in [5, 5.41) is 15.7. The maximum absolute atomic E-state index is 12.4. The van der Waals surface area contributed by atoms with Crippen molar-refractivity contribution in [3.8, 4) is 17.2 Å². The summed E-state index contributed by atoms with van der Waals surface area (Å²) in [7, 11) is 1.68. The minimum Gasteiger partial charge on any atom is -0.408 e. The number of rotatable bonds is 5. The number of aryl methyl sites for hydroxylation is 1. The molecule has 1 aromatic heterocycles. The number of hydrogen-bond acceptors (Lipinski definition) is 5. The van der Waals surface area contributed by atoms with Gasteiger partial charge in [0.05, 0.1) is 17.6 Å². The first-order valence-corrected chi connectivity index (χ1v) is 10.2. The summed E-state index contributed by atoms with van der Waals surface area (Å²) in [5.41, 5.74) is 4.25. The van der Waals surface area contributed by atoms with Crippen LogP contribution in [0.2, 0.25) is 0 Å². The van der Waals surface area contributed by atoms with Crippen LogP contribution in [-0.4, -0.2) is 28.6 Å². The lowest BCUT2D eigenvalue weighted by Gasteiger charge is -2.17. The highest BCUT2D eigenvalue weighted by Gasteiger charge is 2.47. The Kier molecular flexibility index (Phi) is 4.44. The maximum Gasteiger partial charge on any atom is 0.419 e. The average molecular weight is 402 g/mol. The number of benzene rings is 2. The van der Waals surface area contributed by atoms with Gasteiger partial charge in [0, 0.05) is 19.5 Å². The van der Waals surface area contributed by atoms with Gasteiger partial charge in [-0.25, -0.2) is 4.79 Å². The molecule has 2 N–H and O–H groups in total. The highest BCUT2D eigenvalue weighted by Crippen LogP contribution is 2.40. The van der Waals surface area contributed by atoms with Crippen LogP contribution in [0.1, 0.15) is 18.4 Å². The molecule has 2 heterocycles. The molecule has 0 radical (unpaired) electrons. The molecule has 0 bridgehead atoms. The Hall–Kier alpha value is -3.37. The lowest BCUT2D eigenvalue weighted by atomic mass is 10.0. The first kappa shape index (κ1) is 18.6. The molecular formula is C23H22N4O3. The third kappa shape index (κ3) is 3.40. The summed E-state index contributed by atoms with van der Waals surface area (Å²) in [5.74, 6) is 0.175. The monoisotopic (exact) mass is 402 g/mol. The third-order valence-electron chi connectivity index (χ3n) is 6.18. The Labute approximate surface area is 173 Å². The molecule has 1 aliphatic carbocycles. The van der Waals surface area contributed by atoms with Gasteiger partial charge in [0.2, 0.25) is 5.91 Å². The average Bonchev–Trinajstić information content (AvgIpc) is 3.26. The normalized spacial score (nSPS) is 23.0. The number of nitrogens with zero attached hydrogens (tertiary/aromatic N) is 2. The van der Waals surface area contributed by atoms with Crippen molar-refractivity contribution in [1.82, 2.24) is 15.2 Å². The Morgan fingerprint density at radius 3 is 2.73 bits per heavy atom. The fourth-order valence-corrected chi connectivity index (χ4v) is 4.30. The van der Waals surface area contributed by atoms with Gasteiger partial charge in [0.15, 0.2) is 5.58 Å². The van der Waals surface area contributed by atoms with Crippen molar-refractivity contribution in [2.75, 3.05) is 0 Å². The van der Waals surface area contributed by atoms with Crippen LogP contribution in [0.15, 0.2) is 51.7 Å². The van der Waals surface area contributed by atoms with Gasteiger partial charge in [0.25, 0.3) is 0 Å². The van der Waals surface area contributed by atoms with Crippen molar-refractivity contribution in [1.29, 1.82) is 5.26 Å². The number of aromatic nitrogens is 1. The summed E-state index contributed by atoms with van der Waals surface area (Å²) in [6.07, 6.45) is 2.50. The number of carbonyl (C=O) groups is 1. The molecule has 2 aromatic carbocycles. The summed E-state index contributed by atoms with van der Waals surface area (Å²) >= 11 is 0. The van der Waals surface area contributed by atoms with Crippen molar-refractivity contribution in [2.45, 2.75) is 37.4 Å². The molecule has 4 atom stereocenters. The van der Waals surface area contributed by atoms with Crippen molar-refractivity contribution < 1.29 is 9.21 Å². The zero-order chi connectivity index (χ0) is 20.8. The zero-order valence-corrected chi connectivity index (χ0v) is 16.6. The minimum atomic E-state index is -0.557. The lowest BCUT2D eigenvalue weighted by Crippen LogP contribution is -2.46. The van der Waals surface area contributed by atoms with Crippen molar-refractivity contribution in [3.05, 3.63) is 58.6 Å². The third-order valence-corrected chi connectivity index (χ3v) is 6.18. The second-order valence-corrected chi connectivity index (χ2v) is 8.26. The van der Waals surface area contributed by atoms with E-state index in [1.54, 1.807) is 13.1 Å². The molecule has 7 nitrogen and oxygen atoms in total. The topological polar surface area (TPSA) is 100 Å². The highest BCUT2D eigenvalue weighted by molar-refractivity contribution is 5.83. The molecule has 3 aromatic rings. The molecular weight excluding hydrogens is 380 g/mol. The molecule has 0 spiro atoms. The number of amides is 1. The summed E-state index contributed by atoms with van der Waals surface area (Å²) in [4.78, 5) is 24.1. The van der Waals surface area contributed by atoms with Gasteiger partial charge in [-0.05, 0) is 47.6 Å². The predicted octanol–water partition coefficient (Wildman–Crippen LogP) is 2.10. The Morgan fingerprint density at radius 1 is 1.27 bits per heavy atom. The molecule has 2 aliphatic rings. The second-order valence-electron chi connectivity index (χ2n) is 8.26. The minimum absolute atomic E-state index is 0.0793. The summed E-state index contributed by atoms with van der Waals surface area (Å²) in [6, 6.07) is 15.5. The van der Waals surface area contributed by atoms with E-state index >= 15 is 0 Å². The Balaban J connectivity index is 1.27. The van der Waals surface area contributed by atoms with Crippen molar-refractivity contribution in [2.24, 2.45) is 13.0 Å². The maximum atomic E-state index is 12.4. The van der Waals surface area contributed by atoms with E-state index in [1.807, 2.05) is 36.4 Å². The van der Waals surface area contributed by atoms with E-state index < -0.39 is 6.04 Å². The fraction of sp³-hybridized carbons (Fsp3) is 0.348. The van der Waals surface area contributed by atoms with Gasteiger partial charge in [0.1, 0.15) is 6.04 Å². The summed E-state index contributed by atoms with van der Waals surface area (Å²) in [6.45, 7) is 0. The fourth-order valence-electron chi connectivity index (χ4n) is 4.30. The number of fused-ring (bicyclic) bond motifs is 2. The molecule has 152 valence electrons. The number of carbonyl (C=O) groups excluding carboxylic acids is 1. The van der Waals surface area contributed by atoms with Crippen molar-refractivity contribution >= 4 is 17.0 Å². The van der Waals surface area contributed by atoms with Crippen LogP contribution in [0.3, 0.4) is 0 Å². The molecule has 1 saturated carbocycles. The van der Waals surface area contributed by atoms with Gasteiger partial charge < -0.3 is 15.1 Å². The number of nitrogens with one attached hydrogen (secondary N) is 2. The number of hydrogen-bond donors (Lipinski definition) is 2. The van der Waals surface area contributed by atoms with Crippen LogP contribution in [0.5, 0.6) is 0 Å². The second kappa shape index (κ2) is 7.15. The van der Waals surface area contributed by atoms with E-state index in [4.69, 9.17) is 4.42 Å². The van der Waals surface area contributed by atoms with Gasteiger partial charge in [-0.2, -0.15) is 5.26 Å².